The van der Waals surface area contributed by atoms with Crippen LogP contribution in [0.5, 0.6) is 0 Å². The van der Waals surface area contributed by atoms with Gasteiger partial charge in [0.1, 0.15) is 0 Å². The first kappa shape index (κ1) is 11.3. The Hall–Kier alpha value is -1.16. The van der Waals surface area contributed by atoms with E-state index in [1.165, 1.54) is 5.01 Å². The van der Waals surface area contributed by atoms with Gasteiger partial charge in [0.05, 0.1) is 17.8 Å². The number of nitrogens with zero attached hydrogens (tertiary/aromatic N) is 2. The summed E-state index contributed by atoms with van der Waals surface area (Å²) in [6.45, 7) is 4.11. The number of anilines is 1. The van der Waals surface area contributed by atoms with E-state index in [2.05, 4.69) is 34.9 Å². The van der Waals surface area contributed by atoms with Crippen molar-refractivity contribution < 1.29 is 4.79 Å². The van der Waals surface area contributed by atoms with Gasteiger partial charge in [-0.1, -0.05) is 29.8 Å². The molecule has 3 nitrogen and oxygen atoms in total. The normalized spacial score (nSPS) is 15.9. The van der Waals surface area contributed by atoms with Crippen LogP contribution >= 0.6 is 15.9 Å². The van der Waals surface area contributed by atoms with E-state index in [9.17, 15) is 4.79 Å². The van der Waals surface area contributed by atoms with Crippen molar-refractivity contribution >= 4 is 33.2 Å². The summed E-state index contributed by atoms with van der Waals surface area (Å²) in [5.41, 5.74) is 1.77. The number of hydrogen-bond acceptors (Lipinski definition) is 2. The molecule has 0 aromatic heterocycles. The van der Waals surface area contributed by atoms with Gasteiger partial charge in [0.2, 0.25) is 0 Å². The molecule has 0 saturated heterocycles. The summed E-state index contributed by atoms with van der Waals surface area (Å²) in [6, 6.07) is 7.58. The quantitative estimate of drug-likeness (QED) is 0.819. The van der Waals surface area contributed by atoms with Gasteiger partial charge in [-0.05, 0) is 30.2 Å². The molecular weight excluding hydrogens is 268 g/mol. The maximum absolute atomic E-state index is 11.8. The summed E-state index contributed by atoms with van der Waals surface area (Å²) >= 11 is 3.36. The molecule has 0 radical (unpaired) electrons. The lowest BCUT2D eigenvalue weighted by molar-refractivity contribution is -0.116. The summed E-state index contributed by atoms with van der Waals surface area (Å²) in [7, 11) is 0. The highest BCUT2D eigenvalue weighted by Crippen LogP contribution is 2.24. The van der Waals surface area contributed by atoms with Crippen molar-refractivity contribution in [2.75, 3.05) is 5.01 Å². The molecule has 84 valence electrons. The highest BCUT2D eigenvalue weighted by molar-refractivity contribution is 9.10. The lowest BCUT2D eigenvalue weighted by Crippen LogP contribution is -2.19. The number of carbonyl (C=O) groups is 1. The molecule has 0 atom stereocenters. The average Bonchev–Trinajstić information content (AvgIpc) is 2.62. The summed E-state index contributed by atoms with van der Waals surface area (Å²) in [5.74, 6) is 0.371. The van der Waals surface area contributed by atoms with Crippen molar-refractivity contribution in [1.29, 1.82) is 0 Å². The van der Waals surface area contributed by atoms with E-state index in [-0.39, 0.29) is 5.91 Å². The molecule has 0 bridgehead atoms. The second-order valence-corrected chi connectivity index (χ2v) is 5.02. The van der Waals surface area contributed by atoms with E-state index >= 15 is 0 Å². The van der Waals surface area contributed by atoms with Crippen LogP contribution < -0.4 is 5.01 Å². The van der Waals surface area contributed by atoms with Crippen LogP contribution in [0.4, 0.5) is 5.69 Å². The van der Waals surface area contributed by atoms with E-state index < -0.39 is 0 Å². The molecule has 0 fully saturated rings. The number of carbonyl (C=O) groups excluding carboxylic acids is 1. The number of amides is 1. The van der Waals surface area contributed by atoms with E-state index in [0.29, 0.717) is 12.3 Å². The van der Waals surface area contributed by atoms with Gasteiger partial charge in [-0.25, -0.2) is 5.01 Å². The molecule has 0 N–H and O–H groups in total. The molecule has 1 heterocycles. The monoisotopic (exact) mass is 280 g/mol. The molecular formula is C12H13BrN2O. The first-order chi connectivity index (χ1) is 7.58. The van der Waals surface area contributed by atoms with Crippen LogP contribution in [0.15, 0.2) is 33.8 Å². The average molecular weight is 281 g/mol. The van der Waals surface area contributed by atoms with Crippen molar-refractivity contribution in [3.8, 4) is 0 Å². The third-order valence-electron chi connectivity index (χ3n) is 2.53. The number of halogens is 1. The van der Waals surface area contributed by atoms with Gasteiger partial charge in [0.15, 0.2) is 0 Å². The van der Waals surface area contributed by atoms with Crippen molar-refractivity contribution in [1.82, 2.24) is 0 Å². The van der Waals surface area contributed by atoms with Crippen LogP contribution in [0.3, 0.4) is 0 Å². The maximum atomic E-state index is 11.8. The molecule has 0 unspecified atom stereocenters. The first-order valence-corrected chi connectivity index (χ1v) is 6.03. The Balaban J connectivity index is 2.28. The minimum Gasteiger partial charge on any atom is -0.272 e. The SMILES string of the molecule is CC(C)C1=NN(c2ccc(Br)cc2)C(=O)C1. The number of hydrogen-bond donors (Lipinski definition) is 0. The molecule has 16 heavy (non-hydrogen) atoms. The van der Waals surface area contributed by atoms with E-state index in [1.54, 1.807) is 0 Å². The molecule has 1 aliphatic heterocycles. The molecule has 0 spiro atoms. The highest BCUT2D eigenvalue weighted by atomic mass is 79.9. The fourth-order valence-electron chi connectivity index (χ4n) is 1.55. The standard InChI is InChI=1S/C12H13BrN2O/c1-8(2)11-7-12(16)15(14-11)10-5-3-9(13)4-6-10/h3-6,8H,7H2,1-2H3. The zero-order chi connectivity index (χ0) is 11.7. The Morgan fingerprint density at radius 3 is 2.44 bits per heavy atom. The van der Waals surface area contributed by atoms with Crippen molar-refractivity contribution in [2.45, 2.75) is 20.3 Å². The van der Waals surface area contributed by atoms with Crippen molar-refractivity contribution in [3.05, 3.63) is 28.7 Å². The van der Waals surface area contributed by atoms with Gasteiger partial charge >= 0.3 is 0 Å². The van der Waals surface area contributed by atoms with Gasteiger partial charge in [-0.15, -0.1) is 0 Å². The van der Waals surface area contributed by atoms with E-state index in [0.717, 1.165) is 15.9 Å². The van der Waals surface area contributed by atoms with Crippen LogP contribution in [-0.2, 0) is 4.79 Å². The minimum absolute atomic E-state index is 0.0472. The second kappa shape index (κ2) is 4.37. The zero-order valence-corrected chi connectivity index (χ0v) is 10.9. The number of rotatable bonds is 2. The molecule has 1 aliphatic rings. The molecule has 2 rings (SSSR count). The lowest BCUT2D eigenvalue weighted by Gasteiger charge is -2.11. The summed E-state index contributed by atoms with van der Waals surface area (Å²) in [5, 5.41) is 5.84. The first-order valence-electron chi connectivity index (χ1n) is 5.24. The molecule has 1 amide bonds. The predicted molar refractivity (Wildman–Crippen MR) is 68.5 cm³/mol. The number of hydrazone groups is 1. The molecule has 4 heteroatoms. The van der Waals surface area contributed by atoms with Crippen LogP contribution in [0, 0.1) is 5.92 Å². The Kier molecular flexibility index (Phi) is 3.10. The number of benzene rings is 1. The fourth-order valence-corrected chi connectivity index (χ4v) is 1.82. The summed E-state index contributed by atoms with van der Waals surface area (Å²) < 4.78 is 0.996. The van der Waals surface area contributed by atoms with Gasteiger partial charge < -0.3 is 0 Å². The second-order valence-electron chi connectivity index (χ2n) is 4.10. The largest absolute Gasteiger partial charge is 0.272 e. The molecule has 0 saturated carbocycles. The maximum Gasteiger partial charge on any atom is 0.253 e. The summed E-state index contributed by atoms with van der Waals surface area (Å²) in [6.07, 6.45) is 0.438. The van der Waals surface area contributed by atoms with Gasteiger partial charge in [-0.2, -0.15) is 5.10 Å². The smallest absolute Gasteiger partial charge is 0.253 e. The Bertz CT molecular complexity index is 437. The third-order valence-corrected chi connectivity index (χ3v) is 3.06. The Labute approximate surface area is 103 Å². The minimum atomic E-state index is 0.0472. The highest BCUT2D eigenvalue weighted by Gasteiger charge is 2.26. The predicted octanol–water partition coefficient (Wildman–Crippen LogP) is 3.20. The molecule has 1 aromatic carbocycles. The third kappa shape index (κ3) is 2.16. The van der Waals surface area contributed by atoms with Crippen LogP contribution in [0.2, 0.25) is 0 Å². The van der Waals surface area contributed by atoms with Gasteiger partial charge in [-0.3, -0.25) is 4.79 Å². The van der Waals surface area contributed by atoms with Crippen molar-refractivity contribution in [3.63, 3.8) is 0 Å². The van der Waals surface area contributed by atoms with Crippen LogP contribution in [0.25, 0.3) is 0 Å². The van der Waals surface area contributed by atoms with Gasteiger partial charge in [0.25, 0.3) is 5.91 Å². The van der Waals surface area contributed by atoms with Crippen molar-refractivity contribution in [2.24, 2.45) is 11.0 Å². The Morgan fingerprint density at radius 1 is 1.31 bits per heavy atom. The van der Waals surface area contributed by atoms with Crippen LogP contribution in [-0.4, -0.2) is 11.6 Å². The van der Waals surface area contributed by atoms with Gasteiger partial charge in [0, 0.05) is 4.47 Å². The fraction of sp³-hybridized carbons (Fsp3) is 0.333. The summed E-state index contributed by atoms with van der Waals surface area (Å²) in [4.78, 5) is 11.8. The zero-order valence-electron chi connectivity index (χ0n) is 9.27. The molecule has 1 aromatic rings. The van der Waals surface area contributed by atoms with Crippen LogP contribution in [0.1, 0.15) is 20.3 Å². The van der Waals surface area contributed by atoms with E-state index in [1.807, 2.05) is 24.3 Å². The molecule has 0 aliphatic carbocycles. The topological polar surface area (TPSA) is 32.7 Å². The van der Waals surface area contributed by atoms with E-state index in [4.69, 9.17) is 0 Å². The lowest BCUT2D eigenvalue weighted by atomic mass is 10.1. The Morgan fingerprint density at radius 2 is 1.94 bits per heavy atom.